The first-order chi connectivity index (χ1) is 9.83. The second-order valence-corrected chi connectivity index (χ2v) is 5.36. The molecule has 1 fully saturated rings. The van der Waals surface area contributed by atoms with Crippen LogP contribution in [0.2, 0.25) is 0 Å². The average Bonchev–Trinajstić information content (AvgIpc) is 2.52. The van der Waals surface area contributed by atoms with Crippen LogP contribution in [0.15, 0.2) is 18.2 Å². The van der Waals surface area contributed by atoms with Crippen LogP contribution in [0, 0.1) is 5.92 Å². The van der Waals surface area contributed by atoms with Crippen molar-refractivity contribution in [1.29, 1.82) is 0 Å². The van der Waals surface area contributed by atoms with Crippen molar-refractivity contribution in [2.45, 2.75) is 19.3 Å². The molecule has 1 aromatic carbocycles. The predicted molar refractivity (Wildman–Crippen MR) is 81.7 cm³/mol. The summed E-state index contributed by atoms with van der Waals surface area (Å²) in [4.78, 5) is 0. The number of ether oxygens (including phenoxy) is 2. The van der Waals surface area contributed by atoms with Gasteiger partial charge in [-0.1, -0.05) is 6.07 Å². The number of hydrogen-bond donors (Lipinski definition) is 2. The van der Waals surface area contributed by atoms with Crippen LogP contribution in [0.1, 0.15) is 18.4 Å². The van der Waals surface area contributed by atoms with Gasteiger partial charge in [0.15, 0.2) is 11.5 Å². The summed E-state index contributed by atoms with van der Waals surface area (Å²) in [5, 5.41) is 7.01. The molecule has 1 unspecified atom stereocenters. The molecule has 1 saturated heterocycles. The van der Waals surface area contributed by atoms with Crippen LogP contribution in [0.5, 0.6) is 11.5 Å². The van der Waals surface area contributed by atoms with Crippen LogP contribution in [0.25, 0.3) is 0 Å². The molecule has 112 valence electrons. The second-order valence-electron chi connectivity index (χ2n) is 5.36. The fourth-order valence-electron chi connectivity index (χ4n) is 2.67. The normalized spacial score (nSPS) is 18.8. The van der Waals surface area contributed by atoms with Crippen LogP contribution < -0.4 is 20.1 Å². The minimum absolute atomic E-state index is 0.786. The van der Waals surface area contributed by atoms with Crippen molar-refractivity contribution < 1.29 is 9.47 Å². The highest BCUT2D eigenvalue weighted by Crippen LogP contribution is 2.27. The van der Waals surface area contributed by atoms with Gasteiger partial charge in [-0.25, -0.2) is 0 Å². The van der Waals surface area contributed by atoms with E-state index in [0.29, 0.717) is 0 Å². The summed E-state index contributed by atoms with van der Waals surface area (Å²) in [5.74, 6) is 2.38. The molecule has 20 heavy (non-hydrogen) atoms. The molecular weight excluding hydrogens is 252 g/mol. The van der Waals surface area contributed by atoms with E-state index in [9.17, 15) is 0 Å². The largest absolute Gasteiger partial charge is 0.493 e. The minimum atomic E-state index is 0.786. The lowest BCUT2D eigenvalue weighted by Gasteiger charge is -2.23. The molecule has 1 aliphatic heterocycles. The van der Waals surface area contributed by atoms with E-state index in [1.807, 2.05) is 6.07 Å². The summed E-state index contributed by atoms with van der Waals surface area (Å²) < 4.78 is 10.6. The van der Waals surface area contributed by atoms with Crippen molar-refractivity contribution in [3.8, 4) is 11.5 Å². The van der Waals surface area contributed by atoms with E-state index in [1.165, 1.54) is 24.9 Å². The van der Waals surface area contributed by atoms with E-state index >= 15 is 0 Å². The van der Waals surface area contributed by atoms with Crippen molar-refractivity contribution >= 4 is 0 Å². The molecule has 2 rings (SSSR count). The molecule has 4 nitrogen and oxygen atoms in total. The molecule has 4 heteroatoms. The van der Waals surface area contributed by atoms with Crippen LogP contribution in [0.4, 0.5) is 0 Å². The van der Waals surface area contributed by atoms with Gasteiger partial charge < -0.3 is 20.1 Å². The highest BCUT2D eigenvalue weighted by molar-refractivity contribution is 5.42. The first-order valence-electron chi connectivity index (χ1n) is 7.46. The molecule has 0 spiro atoms. The maximum absolute atomic E-state index is 5.32. The zero-order chi connectivity index (χ0) is 14.2. The number of hydrogen-bond acceptors (Lipinski definition) is 4. The summed E-state index contributed by atoms with van der Waals surface area (Å²) in [7, 11) is 3.34. The quantitative estimate of drug-likeness (QED) is 0.747. The Kier molecular flexibility index (Phi) is 6.15. The number of nitrogens with one attached hydrogen (secondary N) is 2. The van der Waals surface area contributed by atoms with E-state index in [0.717, 1.165) is 43.5 Å². The summed E-state index contributed by atoms with van der Waals surface area (Å²) >= 11 is 0. The average molecular weight is 278 g/mol. The summed E-state index contributed by atoms with van der Waals surface area (Å²) in [5.41, 5.74) is 1.27. The lowest BCUT2D eigenvalue weighted by Crippen LogP contribution is -2.36. The Morgan fingerprint density at radius 1 is 1.25 bits per heavy atom. The fourth-order valence-corrected chi connectivity index (χ4v) is 2.67. The Labute approximate surface area is 121 Å². The molecular formula is C16H26N2O2. The summed E-state index contributed by atoms with van der Waals surface area (Å²) in [6.45, 7) is 4.46. The van der Waals surface area contributed by atoms with Gasteiger partial charge in [-0.3, -0.25) is 0 Å². The molecule has 0 aliphatic carbocycles. The molecule has 1 aromatic rings. The fraction of sp³-hybridized carbons (Fsp3) is 0.625. The van der Waals surface area contributed by atoms with Crippen LogP contribution in [-0.4, -0.2) is 40.4 Å². The Balaban J connectivity index is 1.73. The molecule has 0 saturated carbocycles. The van der Waals surface area contributed by atoms with Crippen molar-refractivity contribution in [3.05, 3.63) is 23.8 Å². The highest BCUT2D eigenvalue weighted by Gasteiger charge is 2.11. The third kappa shape index (κ3) is 4.39. The molecule has 1 atom stereocenters. The topological polar surface area (TPSA) is 42.5 Å². The number of benzene rings is 1. The van der Waals surface area contributed by atoms with Crippen molar-refractivity contribution in [2.24, 2.45) is 5.92 Å². The van der Waals surface area contributed by atoms with Gasteiger partial charge in [-0.15, -0.1) is 0 Å². The molecule has 0 radical (unpaired) electrons. The Bertz CT molecular complexity index is 403. The zero-order valence-corrected chi connectivity index (χ0v) is 12.6. The predicted octanol–water partition coefficient (Wildman–Crippen LogP) is 1.84. The van der Waals surface area contributed by atoms with Crippen LogP contribution in [-0.2, 0) is 6.42 Å². The molecule has 1 aliphatic rings. The van der Waals surface area contributed by atoms with Gasteiger partial charge in [0.25, 0.3) is 0 Å². The van der Waals surface area contributed by atoms with Gasteiger partial charge in [0.05, 0.1) is 14.2 Å². The molecule has 0 bridgehead atoms. The lowest BCUT2D eigenvalue weighted by molar-refractivity contribution is 0.354. The van der Waals surface area contributed by atoms with Gasteiger partial charge in [0, 0.05) is 0 Å². The smallest absolute Gasteiger partial charge is 0.160 e. The molecule has 0 aromatic heterocycles. The van der Waals surface area contributed by atoms with Crippen LogP contribution in [0.3, 0.4) is 0 Å². The van der Waals surface area contributed by atoms with Crippen molar-refractivity contribution in [3.63, 3.8) is 0 Å². The summed E-state index contributed by atoms with van der Waals surface area (Å²) in [6, 6.07) is 6.13. The maximum Gasteiger partial charge on any atom is 0.160 e. The first-order valence-corrected chi connectivity index (χ1v) is 7.46. The Morgan fingerprint density at radius 3 is 2.80 bits per heavy atom. The van der Waals surface area contributed by atoms with E-state index in [-0.39, 0.29) is 0 Å². The van der Waals surface area contributed by atoms with Crippen molar-refractivity contribution in [1.82, 2.24) is 10.6 Å². The molecule has 0 amide bonds. The lowest BCUT2D eigenvalue weighted by atomic mass is 10.00. The third-order valence-electron chi connectivity index (χ3n) is 3.87. The van der Waals surface area contributed by atoms with Crippen molar-refractivity contribution in [2.75, 3.05) is 40.4 Å². The molecule has 2 N–H and O–H groups in total. The van der Waals surface area contributed by atoms with Gasteiger partial charge in [-0.05, 0) is 69.1 Å². The number of piperidine rings is 1. The van der Waals surface area contributed by atoms with Gasteiger partial charge in [-0.2, -0.15) is 0 Å². The third-order valence-corrected chi connectivity index (χ3v) is 3.87. The SMILES string of the molecule is COc1ccc(CCNCC2CCCNC2)cc1OC. The van der Waals surface area contributed by atoms with Gasteiger partial charge >= 0.3 is 0 Å². The Morgan fingerprint density at radius 2 is 2.10 bits per heavy atom. The maximum atomic E-state index is 5.32. The van der Waals surface area contributed by atoms with E-state index in [2.05, 4.69) is 22.8 Å². The second kappa shape index (κ2) is 8.12. The van der Waals surface area contributed by atoms with Gasteiger partial charge in [0.1, 0.15) is 0 Å². The standard InChI is InChI=1S/C16H26N2O2/c1-19-15-6-5-13(10-16(15)20-2)7-9-18-12-14-4-3-8-17-11-14/h5-6,10,14,17-18H,3-4,7-9,11-12H2,1-2H3. The van der Waals surface area contributed by atoms with Gasteiger partial charge in [0.2, 0.25) is 0 Å². The number of rotatable bonds is 7. The molecule has 1 heterocycles. The van der Waals surface area contributed by atoms with E-state index in [4.69, 9.17) is 9.47 Å². The monoisotopic (exact) mass is 278 g/mol. The van der Waals surface area contributed by atoms with E-state index < -0.39 is 0 Å². The minimum Gasteiger partial charge on any atom is -0.493 e. The summed E-state index contributed by atoms with van der Waals surface area (Å²) in [6.07, 6.45) is 3.67. The first kappa shape index (κ1) is 15.1. The number of methoxy groups -OCH3 is 2. The van der Waals surface area contributed by atoms with Crippen LogP contribution >= 0.6 is 0 Å². The Hall–Kier alpha value is -1.26. The zero-order valence-electron chi connectivity index (χ0n) is 12.6. The van der Waals surface area contributed by atoms with E-state index in [1.54, 1.807) is 14.2 Å². The highest BCUT2D eigenvalue weighted by atomic mass is 16.5.